The predicted molar refractivity (Wildman–Crippen MR) is 141 cm³/mol. The highest BCUT2D eigenvalue weighted by atomic mass is 16.5. The van der Waals surface area contributed by atoms with E-state index in [0.717, 1.165) is 5.56 Å². The first-order valence-electron chi connectivity index (χ1n) is 12.7. The van der Waals surface area contributed by atoms with Gasteiger partial charge in [0, 0.05) is 18.7 Å². The molecule has 0 aromatic heterocycles. The number of hydrogen-bond acceptors (Lipinski definition) is 5. The highest BCUT2D eigenvalue weighted by Crippen LogP contribution is 2.24. The zero-order valence-electron chi connectivity index (χ0n) is 21.6. The van der Waals surface area contributed by atoms with Gasteiger partial charge in [0.2, 0.25) is 11.8 Å². The first-order valence-corrected chi connectivity index (χ1v) is 12.7. The molecule has 37 heavy (non-hydrogen) atoms. The Morgan fingerprint density at radius 1 is 1.03 bits per heavy atom. The van der Waals surface area contributed by atoms with Gasteiger partial charge in [-0.2, -0.15) is 0 Å². The van der Waals surface area contributed by atoms with Crippen LogP contribution in [0, 0.1) is 5.92 Å². The molecule has 3 N–H and O–H groups in total. The number of anilines is 1. The van der Waals surface area contributed by atoms with Crippen molar-refractivity contribution in [2.75, 3.05) is 11.9 Å². The second-order valence-electron chi connectivity index (χ2n) is 9.51. The number of para-hydroxylation sites is 1. The molecule has 1 aliphatic rings. The van der Waals surface area contributed by atoms with Crippen LogP contribution in [0.1, 0.15) is 39.2 Å². The van der Waals surface area contributed by atoms with E-state index < -0.39 is 30.1 Å². The summed E-state index contributed by atoms with van der Waals surface area (Å²) in [4.78, 5) is 52.3. The van der Waals surface area contributed by atoms with Crippen LogP contribution in [0.2, 0.25) is 0 Å². The van der Waals surface area contributed by atoms with Gasteiger partial charge in [0.05, 0.1) is 18.8 Å². The van der Waals surface area contributed by atoms with Gasteiger partial charge < -0.3 is 30.4 Å². The number of nitrogens with one attached hydrogen (secondary N) is 3. The fourth-order valence-electron chi connectivity index (χ4n) is 4.23. The summed E-state index contributed by atoms with van der Waals surface area (Å²) >= 11 is 0. The molecule has 1 saturated heterocycles. The molecule has 4 atom stereocenters. The first-order chi connectivity index (χ1) is 17.8. The van der Waals surface area contributed by atoms with Gasteiger partial charge in [0.25, 0.3) is 0 Å². The average molecular weight is 509 g/mol. The normalized spacial score (nSPS) is 18.6. The van der Waals surface area contributed by atoms with Crippen molar-refractivity contribution < 1.29 is 23.9 Å². The molecular formula is C28H36N4O5. The van der Waals surface area contributed by atoms with Gasteiger partial charge in [-0.25, -0.2) is 4.79 Å². The lowest BCUT2D eigenvalue weighted by Crippen LogP contribution is -2.56. The highest BCUT2D eigenvalue weighted by molar-refractivity contribution is 5.96. The van der Waals surface area contributed by atoms with Crippen LogP contribution in [0.4, 0.5) is 10.5 Å². The fraction of sp³-hybridized carbons (Fsp3) is 0.429. The van der Waals surface area contributed by atoms with Crippen molar-refractivity contribution in [1.82, 2.24) is 15.5 Å². The van der Waals surface area contributed by atoms with E-state index in [2.05, 4.69) is 16.0 Å². The molecule has 0 saturated carbocycles. The second-order valence-corrected chi connectivity index (χ2v) is 9.51. The topological polar surface area (TPSA) is 117 Å². The Bertz CT molecular complexity index is 1050. The van der Waals surface area contributed by atoms with Crippen molar-refractivity contribution in [3.8, 4) is 0 Å². The van der Waals surface area contributed by atoms with Crippen LogP contribution in [0.25, 0.3) is 0 Å². The number of hydrogen-bond donors (Lipinski definition) is 3. The van der Waals surface area contributed by atoms with E-state index in [1.807, 2.05) is 50.2 Å². The van der Waals surface area contributed by atoms with Crippen molar-refractivity contribution in [3.63, 3.8) is 0 Å². The van der Waals surface area contributed by atoms with Gasteiger partial charge in [-0.1, -0.05) is 69.3 Å². The summed E-state index contributed by atoms with van der Waals surface area (Å²) in [5, 5.41) is 8.22. The van der Waals surface area contributed by atoms with E-state index in [0.29, 0.717) is 31.4 Å². The number of urea groups is 1. The van der Waals surface area contributed by atoms with Gasteiger partial charge in [-0.05, 0) is 30.0 Å². The summed E-state index contributed by atoms with van der Waals surface area (Å²) in [5.74, 6) is -1.02. The van der Waals surface area contributed by atoms with Crippen LogP contribution in [0.5, 0.6) is 0 Å². The number of amides is 4. The quantitative estimate of drug-likeness (QED) is 0.403. The van der Waals surface area contributed by atoms with Crippen molar-refractivity contribution in [3.05, 3.63) is 66.2 Å². The molecular weight excluding hydrogens is 472 g/mol. The van der Waals surface area contributed by atoms with Gasteiger partial charge in [0.1, 0.15) is 18.4 Å². The Labute approximate surface area is 217 Å². The summed E-state index contributed by atoms with van der Waals surface area (Å²) in [6.45, 7) is 6.01. The summed E-state index contributed by atoms with van der Waals surface area (Å²) < 4.78 is 6.06. The number of nitrogens with zero attached hydrogens (tertiary/aromatic N) is 1. The monoisotopic (exact) mass is 508 g/mol. The maximum atomic E-state index is 13.7. The van der Waals surface area contributed by atoms with Crippen LogP contribution < -0.4 is 16.0 Å². The van der Waals surface area contributed by atoms with Gasteiger partial charge in [0.15, 0.2) is 0 Å². The van der Waals surface area contributed by atoms with Crippen LogP contribution >= 0.6 is 0 Å². The molecule has 9 heteroatoms. The highest BCUT2D eigenvalue weighted by Gasteiger charge is 2.43. The van der Waals surface area contributed by atoms with Crippen molar-refractivity contribution in [2.24, 2.45) is 5.92 Å². The van der Waals surface area contributed by atoms with Gasteiger partial charge in [-0.3, -0.25) is 9.59 Å². The van der Waals surface area contributed by atoms with E-state index in [4.69, 9.17) is 4.74 Å². The van der Waals surface area contributed by atoms with E-state index in [-0.39, 0.29) is 24.5 Å². The number of aldehydes is 1. The summed E-state index contributed by atoms with van der Waals surface area (Å²) in [7, 11) is 0. The Morgan fingerprint density at radius 2 is 1.68 bits per heavy atom. The van der Waals surface area contributed by atoms with E-state index in [9.17, 15) is 19.2 Å². The maximum Gasteiger partial charge on any atom is 0.319 e. The number of benzene rings is 2. The van der Waals surface area contributed by atoms with Crippen LogP contribution in [0.3, 0.4) is 0 Å². The van der Waals surface area contributed by atoms with E-state index in [1.165, 1.54) is 4.90 Å². The third-order valence-corrected chi connectivity index (χ3v) is 6.36. The van der Waals surface area contributed by atoms with E-state index >= 15 is 0 Å². The second kappa shape index (κ2) is 13.5. The van der Waals surface area contributed by atoms with Crippen LogP contribution in [0.15, 0.2) is 60.7 Å². The minimum Gasteiger partial charge on any atom is -0.372 e. The molecule has 0 bridgehead atoms. The Balaban J connectivity index is 1.74. The zero-order valence-corrected chi connectivity index (χ0v) is 21.6. The molecule has 9 nitrogen and oxygen atoms in total. The smallest absolute Gasteiger partial charge is 0.319 e. The third-order valence-electron chi connectivity index (χ3n) is 6.36. The lowest BCUT2D eigenvalue weighted by Gasteiger charge is -2.30. The first kappa shape index (κ1) is 27.9. The number of carbonyl (C=O) groups is 4. The van der Waals surface area contributed by atoms with Crippen LogP contribution in [-0.2, 0) is 25.7 Å². The Kier molecular flexibility index (Phi) is 10.2. The van der Waals surface area contributed by atoms with Gasteiger partial charge >= 0.3 is 6.03 Å². The number of rotatable bonds is 11. The molecule has 4 amide bonds. The Morgan fingerprint density at radius 3 is 2.27 bits per heavy atom. The van der Waals surface area contributed by atoms with Gasteiger partial charge in [-0.15, -0.1) is 0 Å². The molecule has 0 spiro atoms. The SMILES string of the molecule is CC[C@@H](C=O)NC(=O)[C@@H]1C[C@@H](OCc2ccccc2)CN1C(=O)[C@@H](NC(=O)Nc1ccccc1)C(C)C. The van der Waals surface area contributed by atoms with Crippen molar-refractivity contribution in [1.29, 1.82) is 0 Å². The van der Waals surface area contributed by atoms with E-state index in [1.54, 1.807) is 31.2 Å². The summed E-state index contributed by atoms with van der Waals surface area (Å²) in [6.07, 6.45) is 1.05. The minimum atomic E-state index is -0.861. The summed E-state index contributed by atoms with van der Waals surface area (Å²) in [5.41, 5.74) is 1.59. The van der Waals surface area contributed by atoms with Crippen molar-refractivity contribution in [2.45, 2.75) is 64.4 Å². The number of likely N-dealkylation sites (tertiary alicyclic amines) is 1. The van der Waals surface area contributed by atoms with Crippen molar-refractivity contribution >= 4 is 29.8 Å². The largest absolute Gasteiger partial charge is 0.372 e. The van der Waals surface area contributed by atoms with Crippen LogP contribution in [-0.4, -0.2) is 59.8 Å². The molecule has 2 aromatic carbocycles. The average Bonchev–Trinajstić information content (AvgIpc) is 3.34. The predicted octanol–water partition coefficient (Wildman–Crippen LogP) is 3.11. The molecule has 0 radical (unpaired) electrons. The number of ether oxygens (including phenoxy) is 1. The molecule has 0 unspecified atom stereocenters. The lowest BCUT2D eigenvalue weighted by molar-refractivity contribution is -0.141. The molecule has 1 fully saturated rings. The molecule has 1 heterocycles. The lowest BCUT2D eigenvalue weighted by atomic mass is 10.0. The minimum absolute atomic E-state index is 0.201. The summed E-state index contributed by atoms with van der Waals surface area (Å²) in [6, 6.07) is 15.8. The molecule has 1 aliphatic heterocycles. The molecule has 0 aliphatic carbocycles. The maximum absolute atomic E-state index is 13.7. The fourth-order valence-corrected chi connectivity index (χ4v) is 4.23. The molecule has 3 rings (SSSR count). The standard InChI is InChI=1S/C28H36N4O5/c1-4-21(17-33)29-26(34)24-15-23(37-18-20-11-7-5-8-12-20)16-32(24)27(35)25(19(2)3)31-28(36)30-22-13-9-6-10-14-22/h5-14,17,19,21,23-25H,4,15-16,18H2,1-3H3,(H,29,34)(H2,30,31,36)/t21-,23+,24-,25-/m0/s1. The molecule has 198 valence electrons. The third kappa shape index (κ3) is 7.88. The molecule has 2 aromatic rings. The number of carbonyl (C=O) groups excluding carboxylic acids is 4. The zero-order chi connectivity index (χ0) is 26.8. The Hall–Kier alpha value is -3.72.